The lowest BCUT2D eigenvalue weighted by Crippen LogP contribution is -2.51. The van der Waals surface area contributed by atoms with Crippen molar-refractivity contribution >= 4 is 17.7 Å². The van der Waals surface area contributed by atoms with Gasteiger partial charge in [0.1, 0.15) is 5.75 Å². The molecule has 3 aromatic rings. The van der Waals surface area contributed by atoms with Crippen molar-refractivity contribution < 1.29 is 19.1 Å². The Balaban J connectivity index is 1.27. The fourth-order valence-corrected chi connectivity index (χ4v) is 5.52. The molecular formula is C30H29N3O4. The fraction of sp³-hybridized carbons (Fsp3) is 0.300. The van der Waals surface area contributed by atoms with Gasteiger partial charge in [-0.25, -0.2) is 0 Å². The van der Waals surface area contributed by atoms with E-state index in [-0.39, 0.29) is 17.7 Å². The summed E-state index contributed by atoms with van der Waals surface area (Å²) >= 11 is 0. The standard InChI is InChI=1S/C30H29N3O4/c1-37-23-4-2-3-19(14-23)21-15-25-24-8-7-20(13-22(24)17-26(25)27(16-21)28(31)34)30(36)33-11-9-32(10-12-33)29(35)18-5-6-18/h2-4,7-8,13-16,18H,5-6,9-12,17H2,1H3,(H2,31,34). The van der Waals surface area contributed by atoms with E-state index in [1.165, 1.54) is 0 Å². The first-order valence-electron chi connectivity index (χ1n) is 12.8. The highest BCUT2D eigenvalue weighted by Crippen LogP contribution is 2.42. The number of rotatable bonds is 5. The van der Waals surface area contributed by atoms with Crippen molar-refractivity contribution in [2.45, 2.75) is 19.3 Å². The molecule has 0 radical (unpaired) electrons. The second kappa shape index (κ2) is 9.07. The first-order chi connectivity index (χ1) is 17.9. The minimum absolute atomic E-state index is 0.0236. The zero-order valence-corrected chi connectivity index (χ0v) is 20.8. The highest BCUT2D eigenvalue weighted by Gasteiger charge is 2.35. The molecule has 0 unspecified atom stereocenters. The van der Waals surface area contributed by atoms with E-state index in [0.29, 0.717) is 43.7 Å². The van der Waals surface area contributed by atoms with Gasteiger partial charge in [0.2, 0.25) is 11.8 Å². The molecule has 0 aromatic heterocycles. The second-order valence-corrected chi connectivity index (χ2v) is 10.1. The number of benzene rings is 3. The van der Waals surface area contributed by atoms with E-state index in [9.17, 15) is 14.4 Å². The maximum absolute atomic E-state index is 13.3. The summed E-state index contributed by atoms with van der Waals surface area (Å²) in [6.45, 7) is 2.27. The Morgan fingerprint density at radius 3 is 2.32 bits per heavy atom. The van der Waals surface area contributed by atoms with Crippen LogP contribution in [0, 0.1) is 5.92 Å². The number of hydrogen-bond donors (Lipinski definition) is 1. The minimum Gasteiger partial charge on any atom is -0.497 e. The minimum atomic E-state index is -0.469. The molecule has 6 rings (SSSR count). The molecule has 1 saturated heterocycles. The first kappa shape index (κ1) is 23.3. The number of carbonyl (C=O) groups excluding carboxylic acids is 3. The highest BCUT2D eigenvalue weighted by atomic mass is 16.5. The van der Waals surface area contributed by atoms with Gasteiger partial charge in [-0.05, 0) is 89.0 Å². The number of piperazine rings is 1. The third-order valence-electron chi connectivity index (χ3n) is 7.73. The van der Waals surface area contributed by atoms with Gasteiger partial charge in [-0.15, -0.1) is 0 Å². The molecule has 2 aliphatic carbocycles. The number of carbonyl (C=O) groups is 3. The fourth-order valence-electron chi connectivity index (χ4n) is 5.52. The summed E-state index contributed by atoms with van der Waals surface area (Å²) in [5.74, 6) is 0.685. The Morgan fingerprint density at radius 2 is 1.62 bits per heavy atom. The van der Waals surface area contributed by atoms with Crippen LogP contribution >= 0.6 is 0 Å². The van der Waals surface area contributed by atoms with E-state index in [2.05, 4.69) is 6.07 Å². The molecule has 1 aliphatic heterocycles. The molecule has 0 atom stereocenters. The molecule has 7 nitrogen and oxygen atoms in total. The van der Waals surface area contributed by atoms with Crippen LogP contribution in [0.1, 0.15) is 44.7 Å². The summed E-state index contributed by atoms with van der Waals surface area (Å²) in [7, 11) is 1.62. The van der Waals surface area contributed by atoms with E-state index in [0.717, 1.165) is 52.0 Å². The Morgan fingerprint density at radius 1 is 0.865 bits per heavy atom. The summed E-state index contributed by atoms with van der Waals surface area (Å²) in [5.41, 5.74) is 12.6. The van der Waals surface area contributed by atoms with E-state index in [4.69, 9.17) is 10.5 Å². The van der Waals surface area contributed by atoms with Gasteiger partial charge in [-0.3, -0.25) is 14.4 Å². The maximum Gasteiger partial charge on any atom is 0.253 e. The molecule has 0 bridgehead atoms. The first-order valence-corrected chi connectivity index (χ1v) is 12.8. The summed E-state index contributed by atoms with van der Waals surface area (Å²) in [4.78, 5) is 41.8. The number of nitrogens with zero attached hydrogens (tertiary/aromatic N) is 2. The van der Waals surface area contributed by atoms with Gasteiger partial charge in [-0.1, -0.05) is 18.2 Å². The number of fused-ring (bicyclic) bond motifs is 3. The van der Waals surface area contributed by atoms with Crippen LogP contribution in [0.15, 0.2) is 54.6 Å². The Bertz CT molecular complexity index is 1430. The predicted molar refractivity (Wildman–Crippen MR) is 140 cm³/mol. The van der Waals surface area contributed by atoms with Gasteiger partial charge in [0.05, 0.1) is 7.11 Å². The van der Waals surface area contributed by atoms with Crippen molar-refractivity contribution in [2.75, 3.05) is 33.3 Å². The molecule has 2 N–H and O–H groups in total. The number of hydrogen-bond acceptors (Lipinski definition) is 4. The monoisotopic (exact) mass is 495 g/mol. The highest BCUT2D eigenvalue weighted by molar-refractivity contribution is 6.01. The second-order valence-electron chi connectivity index (χ2n) is 10.1. The van der Waals surface area contributed by atoms with Crippen LogP contribution < -0.4 is 10.5 Å². The van der Waals surface area contributed by atoms with E-state index >= 15 is 0 Å². The summed E-state index contributed by atoms with van der Waals surface area (Å²) in [5, 5.41) is 0. The summed E-state index contributed by atoms with van der Waals surface area (Å²) < 4.78 is 5.37. The van der Waals surface area contributed by atoms with E-state index < -0.39 is 5.91 Å². The average molecular weight is 496 g/mol. The normalized spacial score (nSPS) is 16.2. The van der Waals surface area contributed by atoms with Gasteiger partial charge < -0.3 is 20.3 Å². The van der Waals surface area contributed by atoms with Crippen molar-refractivity contribution in [3.05, 3.63) is 76.9 Å². The van der Waals surface area contributed by atoms with Gasteiger partial charge in [0.15, 0.2) is 0 Å². The van der Waals surface area contributed by atoms with Crippen LogP contribution in [0.25, 0.3) is 22.3 Å². The van der Waals surface area contributed by atoms with Crippen molar-refractivity contribution in [3.63, 3.8) is 0 Å². The lowest BCUT2D eigenvalue weighted by molar-refractivity contribution is -0.134. The third-order valence-corrected chi connectivity index (χ3v) is 7.73. The Kier molecular flexibility index (Phi) is 5.71. The zero-order chi connectivity index (χ0) is 25.7. The number of primary amides is 1. The maximum atomic E-state index is 13.3. The quantitative estimate of drug-likeness (QED) is 0.457. The predicted octanol–water partition coefficient (Wildman–Crippen LogP) is 3.73. The van der Waals surface area contributed by atoms with Crippen molar-refractivity contribution in [2.24, 2.45) is 11.7 Å². The Hall–Kier alpha value is -4.13. The number of methoxy groups -OCH3 is 1. The van der Waals surface area contributed by atoms with Crippen LogP contribution in [0.4, 0.5) is 0 Å². The van der Waals surface area contributed by atoms with E-state index in [1.807, 2.05) is 58.3 Å². The molecule has 3 amide bonds. The van der Waals surface area contributed by atoms with Crippen LogP contribution in [-0.4, -0.2) is 60.8 Å². The van der Waals surface area contributed by atoms with Gasteiger partial charge in [0, 0.05) is 43.2 Å². The van der Waals surface area contributed by atoms with Crippen LogP contribution in [0.5, 0.6) is 5.75 Å². The lowest BCUT2D eigenvalue weighted by atomic mass is 9.94. The molecule has 3 aliphatic rings. The number of nitrogens with two attached hydrogens (primary N) is 1. The molecule has 188 valence electrons. The van der Waals surface area contributed by atoms with Gasteiger partial charge in [0.25, 0.3) is 5.91 Å². The van der Waals surface area contributed by atoms with Crippen molar-refractivity contribution in [3.8, 4) is 28.0 Å². The largest absolute Gasteiger partial charge is 0.497 e. The smallest absolute Gasteiger partial charge is 0.253 e. The molecule has 3 aromatic carbocycles. The summed E-state index contributed by atoms with van der Waals surface area (Å²) in [6, 6.07) is 17.4. The lowest BCUT2D eigenvalue weighted by Gasteiger charge is -2.35. The van der Waals surface area contributed by atoms with Crippen molar-refractivity contribution in [1.82, 2.24) is 9.80 Å². The Labute approximate surface area is 215 Å². The molecule has 7 heteroatoms. The van der Waals surface area contributed by atoms with Crippen LogP contribution in [0.3, 0.4) is 0 Å². The number of ether oxygens (including phenoxy) is 1. The molecule has 2 fully saturated rings. The van der Waals surface area contributed by atoms with Crippen LogP contribution in [-0.2, 0) is 11.2 Å². The molecule has 1 heterocycles. The van der Waals surface area contributed by atoms with Gasteiger partial charge in [-0.2, -0.15) is 0 Å². The average Bonchev–Trinajstić information content (AvgIpc) is 3.72. The number of amides is 3. The SMILES string of the molecule is COc1cccc(-c2cc(C(N)=O)c3c(c2)-c2ccc(C(=O)N4CCN(C(=O)C5CC5)CC4)cc2C3)c1. The molecule has 37 heavy (non-hydrogen) atoms. The van der Waals surface area contributed by atoms with E-state index in [1.54, 1.807) is 7.11 Å². The van der Waals surface area contributed by atoms with Gasteiger partial charge >= 0.3 is 0 Å². The zero-order valence-electron chi connectivity index (χ0n) is 20.8. The molecular weight excluding hydrogens is 466 g/mol. The molecule has 1 saturated carbocycles. The van der Waals surface area contributed by atoms with Crippen LogP contribution in [0.2, 0.25) is 0 Å². The topological polar surface area (TPSA) is 92.9 Å². The summed E-state index contributed by atoms with van der Waals surface area (Å²) in [6.07, 6.45) is 2.54. The molecule has 0 spiro atoms. The third kappa shape index (κ3) is 4.24. The van der Waals surface area contributed by atoms with Crippen molar-refractivity contribution in [1.29, 1.82) is 0 Å².